The van der Waals surface area contributed by atoms with Crippen LogP contribution in [0.2, 0.25) is 20.1 Å². The van der Waals surface area contributed by atoms with E-state index in [0.717, 1.165) is 82.7 Å². The van der Waals surface area contributed by atoms with Crippen molar-refractivity contribution < 1.29 is 14.3 Å². The molecule has 0 bridgehead atoms. The van der Waals surface area contributed by atoms with E-state index in [2.05, 4.69) is 50.2 Å². The van der Waals surface area contributed by atoms with Crippen molar-refractivity contribution >= 4 is 79.7 Å². The van der Waals surface area contributed by atoms with E-state index < -0.39 is 11.8 Å². The Morgan fingerprint density at radius 2 is 1.00 bits per heavy atom. The molecule has 0 aliphatic rings. The molecular formula is C52H38Cl4O3. The van der Waals surface area contributed by atoms with Gasteiger partial charge in [-0.15, -0.1) is 0 Å². The zero-order valence-corrected chi connectivity index (χ0v) is 35.9. The summed E-state index contributed by atoms with van der Waals surface area (Å²) in [5.41, 5.74) is 12.3. The highest BCUT2D eigenvalue weighted by Crippen LogP contribution is 2.50. The standard InChI is InChI=1S/C52H38Cl4O3/c1-5-41-49-42(25-26-43(32-9-18-38(54)19-10-32)48(49)34-13-22-40(56)23-14-34)30(4)46(51(57)52(58)59-6-2)50(41)45-29(3)27-36-28-35(31-7-16-37(53)17-8-31)15-24-44(36)47(45)33-11-20-39(55)21-12-33/h7-28H,5-6H2,1-4H3. The first-order chi connectivity index (χ1) is 28.5. The number of esters is 1. The Morgan fingerprint density at radius 3 is 1.54 bits per heavy atom. The normalized spacial score (nSPS) is 11.3. The summed E-state index contributed by atoms with van der Waals surface area (Å²) in [7, 11) is 0. The number of carbonyl (C=O) groups is 2. The van der Waals surface area contributed by atoms with Crippen molar-refractivity contribution in [3.05, 3.63) is 176 Å². The van der Waals surface area contributed by atoms with E-state index in [1.54, 1.807) is 6.92 Å². The minimum atomic E-state index is -0.895. The maximum Gasteiger partial charge on any atom is 0.379 e. The van der Waals surface area contributed by atoms with Crippen LogP contribution in [-0.2, 0) is 16.0 Å². The molecule has 7 heteroatoms. The summed E-state index contributed by atoms with van der Waals surface area (Å²) in [6.07, 6.45) is 0.535. The first-order valence-electron chi connectivity index (χ1n) is 19.4. The second-order valence-electron chi connectivity index (χ2n) is 14.6. The molecular weight excluding hydrogens is 814 g/mol. The maximum absolute atomic E-state index is 14.7. The Morgan fingerprint density at radius 1 is 0.508 bits per heavy atom. The van der Waals surface area contributed by atoms with Gasteiger partial charge in [0, 0.05) is 25.7 Å². The molecule has 3 nitrogen and oxygen atoms in total. The van der Waals surface area contributed by atoms with Gasteiger partial charge in [0.25, 0.3) is 5.78 Å². The molecule has 0 amide bonds. The van der Waals surface area contributed by atoms with Crippen LogP contribution in [0, 0.1) is 13.8 Å². The summed E-state index contributed by atoms with van der Waals surface area (Å²) in [4.78, 5) is 28.4. The number of carbonyl (C=O) groups excluding carboxylic acids is 2. The highest BCUT2D eigenvalue weighted by Gasteiger charge is 2.32. The molecule has 0 atom stereocenters. The lowest BCUT2D eigenvalue weighted by molar-refractivity contribution is -0.137. The summed E-state index contributed by atoms with van der Waals surface area (Å²) < 4.78 is 5.44. The van der Waals surface area contributed by atoms with Gasteiger partial charge >= 0.3 is 5.97 Å². The third kappa shape index (κ3) is 7.54. The van der Waals surface area contributed by atoms with Crippen LogP contribution in [0.5, 0.6) is 0 Å². The van der Waals surface area contributed by atoms with E-state index >= 15 is 0 Å². The first kappa shape index (κ1) is 40.4. The largest absolute Gasteiger partial charge is 0.460 e. The van der Waals surface area contributed by atoms with Crippen LogP contribution in [0.15, 0.2) is 133 Å². The molecule has 0 spiro atoms. The van der Waals surface area contributed by atoms with Gasteiger partial charge in [-0.2, -0.15) is 0 Å². The lowest BCUT2D eigenvalue weighted by atomic mass is 9.76. The van der Waals surface area contributed by atoms with Gasteiger partial charge in [0.1, 0.15) is 0 Å². The van der Waals surface area contributed by atoms with Crippen LogP contribution in [0.1, 0.15) is 40.9 Å². The molecule has 8 rings (SSSR count). The molecule has 0 aliphatic carbocycles. The fourth-order valence-electron chi connectivity index (χ4n) is 8.43. The van der Waals surface area contributed by atoms with Crippen LogP contribution in [0.25, 0.3) is 77.2 Å². The van der Waals surface area contributed by atoms with Gasteiger partial charge in [-0.1, -0.05) is 132 Å². The molecule has 8 aromatic rings. The van der Waals surface area contributed by atoms with Crippen molar-refractivity contribution in [2.45, 2.75) is 34.1 Å². The molecule has 0 saturated carbocycles. The molecule has 59 heavy (non-hydrogen) atoms. The van der Waals surface area contributed by atoms with Gasteiger partial charge in [0.05, 0.1) is 6.61 Å². The average Bonchev–Trinajstić information content (AvgIpc) is 3.24. The second kappa shape index (κ2) is 16.7. The van der Waals surface area contributed by atoms with Crippen molar-refractivity contribution in [3.8, 4) is 55.6 Å². The van der Waals surface area contributed by atoms with E-state index in [9.17, 15) is 9.59 Å². The summed E-state index contributed by atoms with van der Waals surface area (Å²) in [6, 6.07) is 44.0. The lowest BCUT2D eigenvalue weighted by Crippen LogP contribution is -2.21. The van der Waals surface area contributed by atoms with E-state index in [4.69, 9.17) is 51.1 Å². The molecule has 0 aliphatic heterocycles. The van der Waals surface area contributed by atoms with Crippen molar-refractivity contribution in [1.29, 1.82) is 0 Å². The van der Waals surface area contributed by atoms with Crippen LogP contribution >= 0.6 is 46.4 Å². The first-order valence-corrected chi connectivity index (χ1v) is 20.9. The number of benzene rings is 8. The maximum atomic E-state index is 14.7. The number of ketones is 1. The SMILES string of the molecule is CCOC(=O)C(=O)c1c(-c2c(C)cc3cc(-c4ccc(Cl)cc4)ccc3c2-c2ccc(Cl)cc2)c(CC)c2c(-c3ccc(Cl)cc3)c(-c3ccc(Cl)cc3)ccc2c1C. The smallest absolute Gasteiger partial charge is 0.379 e. The van der Waals surface area contributed by atoms with Gasteiger partial charge < -0.3 is 4.74 Å². The van der Waals surface area contributed by atoms with Crippen LogP contribution < -0.4 is 0 Å². The van der Waals surface area contributed by atoms with E-state index in [1.807, 2.05) is 104 Å². The Labute approximate surface area is 364 Å². The molecule has 0 N–H and O–H groups in total. The fourth-order valence-corrected chi connectivity index (χ4v) is 8.94. The monoisotopic (exact) mass is 850 g/mol. The highest BCUT2D eigenvalue weighted by molar-refractivity contribution is 6.43. The van der Waals surface area contributed by atoms with E-state index in [1.165, 1.54) is 0 Å². The third-order valence-electron chi connectivity index (χ3n) is 11.1. The van der Waals surface area contributed by atoms with Crippen molar-refractivity contribution in [1.82, 2.24) is 0 Å². The summed E-state index contributed by atoms with van der Waals surface area (Å²) >= 11 is 25.6. The second-order valence-corrected chi connectivity index (χ2v) is 16.3. The molecule has 0 radical (unpaired) electrons. The Balaban J connectivity index is 1.57. The quantitative estimate of drug-likeness (QED) is 0.0825. The number of halogens is 4. The Kier molecular flexibility index (Phi) is 11.4. The van der Waals surface area contributed by atoms with Gasteiger partial charge in [0.15, 0.2) is 0 Å². The summed E-state index contributed by atoms with van der Waals surface area (Å²) in [5.74, 6) is -1.58. The molecule has 292 valence electrons. The van der Waals surface area contributed by atoms with Crippen LogP contribution in [-0.4, -0.2) is 18.4 Å². The molecule has 8 aromatic carbocycles. The Bertz CT molecular complexity index is 2930. The Hall–Kier alpha value is -5.42. The van der Waals surface area contributed by atoms with Gasteiger partial charge in [-0.25, -0.2) is 4.79 Å². The number of rotatable bonds is 9. The summed E-state index contributed by atoms with van der Waals surface area (Å²) in [6.45, 7) is 7.88. The van der Waals surface area contributed by atoms with Crippen LogP contribution in [0.4, 0.5) is 0 Å². The molecule has 0 aromatic heterocycles. The van der Waals surface area contributed by atoms with E-state index in [0.29, 0.717) is 43.2 Å². The van der Waals surface area contributed by atoms with Crippen molar-refractivity contribution in [2.24, 2.45) is 0 Å². The van der Waals surface area contributed by atoms with Crippen LogP contribution in [0.3, 0.4) is 0 Å². The topological polar surface area (TPSA) is 43.4 Å². The van der Waals surface area contributed by atoms with Gasteiger partial charge in [-0.3, -0.25) is 4.79 Å². The number of hydrogen-bond donors (Lipinski definition) is 0. The van der Waals surface area contributed by atoms with Crippen molar-refractivity contribution in [3.63, 3.8) is 0 Å². The van der Waals surface area contributed by atoms with E-state index in [-0.39, 0.29) is 6.61 Å². The fraction of sp³-hybridized carbons (Fsp3) is 0.115. The van der Waals surface area contributed by atoms with Gasteiger partial charge in [-0.05, 0) is 176 Å². The highest BCUT2D eigenvalue weighted by atomic mass is 35.5. The minimum Gasteiger partial charge on any atom is -0.460 e. The number of ether oxygens (including phenoxy) is 1. The zero-order chi connectivity index (χ0) is 41.5. The number of fused-ring (bicyclic) bond motifs is 2. The molecule has 0 unspecified atom stereocenters. The molecule has 0 saturated heterocycles. The predicted octanol–water partition coefficient (Wildman–Crippen LogP) is 15.9. The van der Waals surface area contributed by atoms with Crippen molar-refractivity contribution in [2.75, 3.05) is 6.61 Å². The summed E-state index contributed by atoms with van der Waals surface area (Å²) in [5, 5.41) is 6.38. The predicted molar refractivity (Wildman–Crippen MR) is 248 cm³/mol. The lowest BCUT2D eigenvalue weighted by Gasteiger charge is -2.27. The number of aryl methyl sites for hydroxylation is 3. The van der Waals surface area contributed by atoms with Gasteiger partial charge in [0.2, 0.25) is 0 Å². The molecule has 0 heterocycles. The number of hydrogen-bond acceptors (Lipinski definition) is 3. The zero-order valence-electron chi connectivity index (χ0n) is 32.9. The number of Topliss-reactive ketones (excluding diaryl/α,β-unsaturated/α-hetero) is 1. The average molecular weight is 853 g/mol. The minimum absolute atomic E-state index is 0.0688. The molecule has 0 fully saturated rings. The third-order valence-corrected chi connectivity index (χ3v) is 12.1.